The second-order valence-corrected chi connectivity index (χ2v) is 17.0. The van der Waals surface area contributed by atoms with Crippen LogP contribution >= 0.6 is 0 Å². The van der Waals surface area contributed by atoms with Crippen LogP contribution in [-0.4, -0.2) is 74.4 Å². The molecule has 71 heavy (non-hydrogen) atoms. The lowest BCUT2D eigenvalue weighted by Gasteiger charge is -2.26. The summed E-state index contributed by atoms with van der Waals surface area (Å²) in [4.78, 5) is 35.7. The van der Waals surface area contributed by atoms with Gasteiger partial charge in [-0.05, 0) is 118 Å². The lowest BCUT2D eigenvalue weighted by Crippen LogP contribution is -2.53. The van der Waals surface area contributed by atoms with E-state index < -0.39 is 48.5 Å². The van der Waals surface area contributed by atoms with Crippen molar-refractivity contribution in [3.8, 4) is 45.3 Å². The van der Waals surface area contributed by atoms with Gasteiger partial charge in [-0.3, -0.25) is 20.3 Å². The van der Waals surface area contributed by atoms with Gasteiger partial charge >= 0.3 is 18.1 Å². The van der Waals surface area contributed by atoms with Crippen molar-refractivity contribution in [2.24, 2.45) is 0 Å². The number of carbonyl (C=O) groups excluding carboxylic acids is 1. The first-order valence-electron chi connectivity index (χ1n) is 22.7. The maximum atomic E-state index is 14.3. The van der Waals surface area contributed by atoms with E-state index in [2.05, 4.69) is 35.8 Å². The Hall–Kier alpha value is -7.43. The van der Waals surface area contributed by atoms with Crippen LogP contribution in [0.5, 0.6) is 23.0 Å². The highest BCUT2D eigenvalue weighted by molar-refractivity contribution is 5.81. The molecule has 12 nitrogen and oxygen atoms in total. The third-order valence-electron chi connectivity index (χ3n) is 12.3. The molecule has 1 heterocycles. The number of halogens is 3. The molecule has 370 valence electrons. The number of benzene rings is 6. The summed E-state index contributed by atoms with van der Waals surface area (Å²) >= 11 is 0. The molecular formula is C56H55F3N2O10. The fraction of sp³-hybridized carbons (Fsp3) is 0.250. The maximum absolute atomic E-state index is 14.3. The van der Waals surface area contributed by atoms with Crippen LogP contribution in [0.4, 0.5) is 13.2 Å². The Morgan fingerprint density at radius 3 is 1.96 bits per heavy atom. The molecule has 0 saturated carbocycles. The van der Waals surface area contributed by atoms with Crippen LogP contribution in [-0.2, 0) is 38.6 Å². The van der Waals surface area contributed by atoms with Crippen LogP contribution in [0, 0.1) is 13.8 Å². The van der Waals surface area contributed by atoms with Crippen LogP contribution in [0.2, 0.25) is 0 Å². The van der Waals surface area contributed by atoms with E-state index in [1.165, 1.54) is 39.4 Å². The van der Waals surface area contributed by atoms with Crippen LogP contribution in [0.3, 0.4) is 0 Å². The van der Waals surface area contributed by atoms with Crippen molar-refractivity contribution in [3.05, 3.63) is 165 Å². The minimum Gasteiger partial charge on any atom is -0.496 e. The van der Waals surface area contributed by atoms with Gasteiger partial charge in [0.05, 0.1) is 26.4 Å². The standard InChI is InChI=1S/C56H55F3N2O10/c1-35-39(13-9-15-44(35)41-11-7-6-8-12-41)19-17-37-28-50(66-4)46(51(29-37)67-5)32-60-48(53(63)64)33-70-71-54(65)55(3,34-62)61-31-38-18-23-47(56(57,58)59)43(27-38)21-20-40-14-10-16-45(36(40)2)42-22-24-49-52(30-42)69-26-25-68-49/h6-24,27-30,48,60-62H,25-26,31-34H2,1-5H3,(H,63,64)/b19-17+,21-20+. The molecule has 2 atom stereocenters. The van der Waals surface area contributed by atoms with Crippen molar-refractivity contribution < 1.29 is 61.7 Å². The summed E-state index contributed by atoms with van der Waals surface area (Å²) in [7, 11) is 2.98. The van der Waals surface area contributed by atoms with E-state index in [0.717, 1.165) is 50.6 Å². The monoisotopic (exact) mass is 972 g/mol. The summed E-state index contributed by atoms with van der Waals surface area (Å²) in [6.45, 7) is 4.51. The number of hydrogen-bond acceptors (Lipinski definition) is 11. The Kier molecular flexibility index (Phi) is 16.7. The predicted molar refractivity (Wildman–Crippen MR) is 266 cm³/mol. The quantitative estimate of drug-likeness (QED) is 0.0327. The van der Waals surface area contributed by atoms with E-state index in [1.807, 2.05) is 85.8 Å². The van der Waals surface area contributed by atoms with Gasteiger partial charge in [0.25, 0.3) is 0 Å². The number of carboxylic acids is 1. The zero-order valence-electron chi connectivity index (χ0n) is 39.9. The second-order valence-electron chi connectivity index (χ2n) is 17.0. The van der Waals surface area contributed by atoms with Crippen molar-refractivity contribution in [3.63, 3.8) is 0 Å². The van der Waals surface area contributed by atoms with Crippen LogP contribution in [0.15, 0.2) is 115 Å². The number of aliphatic hydroxyl groups is 1. The lowest BCUT2D eigenvalue weighted by atomic mass is 9.95. The molecular weight excluding hydrogens is 918 g/mol. The number of carbonyl (C=O) groups is 2. The third-order valence-corrected chi connectivity index (χ3v) is 12.3. The third kappa shape index (κ3) is 12.5. The SMILES string of the molecule is COc1cc(/C=C/c2cccc(-c3ccccc3)c2C)cc(OC)c1CNC(COOC(=O)C(C)(CO)NCc1ccc(C(F)(F)F)c(/C=C/c2cccc(-c3ccc4c(c3)OCCO4)c2C)c1)C(=O)O. The summed E-state index contributed by atoms with van der Waals surface area (Å²) in [6.07, 6.45) is 2.26. The van der Waals surface area contributed by atoms with Crippen molar-refractivity contribution in [2.45, 2.75) is 51.6 Å². The zero-order valence-corrected chi connectivity index (χ0v) is 39.9. The number of aliphatic hydroxyl groups excluding tert-OH is 1. The fourth-order valence-corrected chi connectivity index (χ4v) is 8.06. The molecule has 6 aromatic rings. The number of methoxy groups -OCH3 is 2. The molecule has 4 N–H and O–H groups in total. The molecule has 0 radical (unpaired) electrons. The highest BCUT2D eigenvalue weighted by atomic mass is 19.4. The second kappa shape index (κ2) is 23.0. The molecule has 0 fully saturated rings. The van der Waals surface area contributed by atoms with Gasteiger partial charge in [0, 0.05) is 18.7 Å². The zero-order chi connectivity index (χ0) is 50.7. The van der Waals surface area contributed by atoms with Crippen molar-refractivity contribution in [1.82, 2.24) is 10.6 Å². The van der Waals surface area contributed by atoms with E-state index in [0.29, 0.717) is 52.9 Å². The number of rotatable bonds is 20. The molecule has 1 aliphatic heterocycles. The summed E-state index contributed by atoms with van der Waals surface area (Å²) in [6, 6.07) is 33.2. The Balaban J connectivity index is 0.975. The van der Waals surface area contributed by atoms with Gasteiger partial charge in [0.2, 0.25) is 0 Å². The largest absolute Gasteiger partial charge is 0.496 e. The minimum absolute atomic E-state index is 0.0454. The average Bonchev–Trinajstić information content (AvgIpc) is 3.37. The molecule has 1 aliphatic rings. The molecule has 2 unspecified atom stereocenters. The number of carboxylic acid groups (broad SMARTS) is 1. The number of aliphatic carboxylic acids is 1. The van der Waals surface area contributed by atoms with Crippen LogP contribution < -0.4 is 29.6 Å². The topological polar surface area (TPSA) is 154 Å². The number of hydrogen-bond donors (Lipinski definition) is 4. The molecule has 0 aliphatic carbocycles. The van der Waals surface area contributed by atoms with Gasteiger partial charge < -0.3 is 29.2 Å². The summed E-state index contributed by atoms with van der Waals surface area (Å²) in [5, 5.41) is 26.1. The summed E-state index contributed by atoms with van der Waals surface area (Å²) in [5.74, 6) is -0.298. The van der Waals surface area contributed by atoms with Crippen molar-refractivity contribution in [1.29, 1.82) is 0 Å². The Bertz CT molecular complexity index is 2890. The van der Waals surface area contributed by atoms with E-state index in [4.69, 9.17) is 28.7 Å². The molecule has 7 rings (SSSR count). The van der Waals surface area contributed by atoms with Crippen LogP contribution in [0.1, 0.15) is 57.0 Å². The molecule has 6 aromatic carbocycles. The Morgan fingerprint density at radius 2 is 1.34 bits per heavy atom. The number of fused-ring (bicyclic) bond motifs is 1. The molecule has 0 spiro atoms. The van der Waals surface area contributed by atoms with E-state index in [-0.39, 0.29) is 18.7 Å². The van der Waals surface area contributed by atoms with Gasteiger partial charge in [-0.15, -0.1) is 0 Å². The number of ether oxygens (including phenoxy) is 4. The highest BCUT2D eigenvalue weighted by Gasteiger charge is 2.36. The molecule has 0 aromatic heterocycles. The first-order valence-corrected chi connectivity index (χ1v) is 22.7. The van der Waals surface area contributed by atoms with Gasteiger partial charge in [0.15, 0.2) is 11.5 Å². The summed E-state index contributed by atoms with van der Waals surface area (Å²) < 4.78 is 65.6. The predicted octanol–water partition coefficient (Wildman–Crippen LogP) is 10.3. The Morgan fingerprint density at radius 1 is 0.718 bits per heavy atom. The highest BCUT2D eigenvalue weighted by Crippen LogP contribution is 2.38. The van der Waals surface area contributed by atoms with Crippen molar-refractivity contribution >= 4 is 36.2 Å². The average molecular weight is 973 g/mol. The lowest BCUT2D eigenvalue weighted by molar-refractivity contribution is -0.281. The van der Waals surface area contributed by atoms with Gasteiger partial charge in [0.1, 0.15) is 42.9 Å². The summed E-state index contributed by atoms with van der Waals surface area (Å²) in [5.41, 5.74) is 6.49. The molecule has 15 heteroatoms. The first-order chi connectivity index (χ1) is 34.1. The number of nitrogens with one attached hydrogen (secondary N) is 2. The molecule has 0 amide bonds. The number of alkyl halides is 3. The molecule has 0 bridgehead atoms. The smallest absolute Gasteiger partial charge is 0.416 e. The van der Waals surface area contributed by atoms with Crippen molar-refractivity contribution in [2.75, 3.05) is 40.6 Å². The van der Waals surface area contributed by atoms with Crippen LogP contribution in [0.25, 0.3) is 46.6 Å². The molecule has 0 saturated heterocycles. The normalized spacial score (nSPS) is 13.8. The first kappa shape index (κ1) is 51.4. The van der Waals surface area contributed by atoms with Gasteiger partial charge in [-0.1, -0.05) is 103 Å². The van der Waals surface area contributed by atoms with E-state index in [1.54, 1.807) is 18.2 Å². The fourth-order valence-electron chi connectivity index (χ4n) is 8.06. The van der Waals surface area contributed by atoms with E-state index >= 15 is 0 Å². The van der Waals surface area contributed by atoms with Gasteiger partial charge in [-0.2, -0.15) is 18.1 Å². The minimum atomic E-state index is -4.67. The van der Waals surface area contributed by atoms with E-state index in [9.17, 15) is 33.0 Å². The Labute approximate surface area is 410 Å². The van der Waals surface area contributed by atoms with Gasteiger partial charge in [-0.25, -0.2) is 4.79 Å². The maximum Gasteiger partial charge on any atom is 0.416 e.